The molecule has 2 aromatic heterocycles. The zero-order valence-corrected chi connectivity index (χ0v) is 15.2. The highest BCUT2D eigenvalue weighted by Gasteiger charge is 2.19. The molecule has 0 fully saturated rings. The van der Waals surface area contributed by atoms with Crippen molar-refractivity contribution in [2.24, 2.45) is 0 Å². The molecule has 0 aliphatic rings. The molecule has 4 aromatic rings. The Morgan fingerprint density at radius 1 is 1.25 bits per heavy atom. The normalized spacial score (nSPS) is 10.8. The molecule has 1 amide bonds. The summed E-state index contributed by atoms with van der Waals surface area (Å²) < 4.78 is 20.1. The fourth-order valence-corrected chi connectivity index (χ4v) is 2.57. The van der Waals surface area contributed by atoms with Crippen molar-refractivity contribution in [3.05, 3.63) is 71.0 Å². The summed E-state index contributed by atoms with van der Waals surface area (Å²) in [5.74, 6) is -1.28. The number of hydrogen-bond donors (Lipinski definition) is 1. The van der Waals surface area contributed by atoms with Crippen LogP contribution < -0.4 is 5.32 Å². The molecule has 140 valence electrons. The Kier molecular flexibility index (Phi) is 4.58. The largest absolute Gasteiger partial charge is 0.328 e. The lowest BCUT2D eigenvalue weighted by molar-refractivity contribution is 0.0981. The zero-order chi connectivity index (χ0) is 19.7. The van der Waals surface area contributed by atoms with Crippen molar-refractivity contribution >= 4 is 23.2 Å². The van der Waals surface area contributed by atoms with Crippen LogP contribution in [0.4, 0.5) is 10.1 Å². The van der Waals surface area contributed by atoms with Gasteiger partial charge in [-0.25, -0.2) is 9.07 Å². The average Bonchev–Trinajstić information content (AvgIpc) is 3.34. The minimum absolute atomic E-state index is 0.0912. The van der Waals surface area contributed by atoms with Gasteiger partial charge in [0, 0.05) is 10.7 Å². The molecule has 0 unspecified atom stereocenters. The maximum atomic E-state index is 13.6. The molecular formula is C18H12ClFN6O2. The van der Waals surface area contributed by atoms with E-state index in [-0.39, 0.29) is 17.4 Å². The third-order valence-electron chi connectivity index (χ3n) is 3.85. The van der Waals surface area contributed by atoms with Crippen molar-refractivity contribution in [2.75, 3.05) is 5.32 Å². The number of amides is 1. The summed E-state index contributed by atoms with van der Waals surface area (Å²) in [7, 11) is 0. The minimum atomic E-state index is -0.663. The van der Waals surface area contributed by atoms with E-state index in [2.05, 4.69) is 25.8 Å². The van der Waals surface area contributed by atoms with Gasteiger partial charge in [0.25, 0.3) is 0 Å². The Hall–Kier alpha value is -3.59. The molecule has 0 aliphatic carbocycles. The second kappa shape index (κ2) is 7.20. The number of carbonyl (C=O) groups is 1. The second-order valence-electron chi connectivity index (χ2n) is 5.87. The van der Waals surface area contributed by atoms with E-state index in [4.69, 9.17) is 16.1 Å². The van der Waals surface area contributed by atoms with Gasteiger partial charge in [0.2, 0.25) is 5.82 Å². The molecule has 0 aliphatic heterocycles. The van der Waals surface area contributed by atoms with Crippen LogP contribution in [0.2, 0.25) is 5.02 Å². The number of nitrogens with zero attached hydrogens (tertiary/aromatic N) is 5. The molecule has 0 radical (unpaired) electrons. The van der Waals surface area contributed by atoms with E-state index < -0.39 is 11.7 Å². The van der Waals surface area contributed by atoms with Gasteiger partial charge in [0.15, 0.2) is 5.69 Å². The Morgan fingerprint density at radius 2 is 2.11 bits per heavy atom. The molecular weight excluding hydrogens is 387 g/mol. The van der Waals surface area contributed by atoms with Crippen molar-refractivity contribution in [3.63, 3.8) is 0 Å². The average molecular weight is 399 g/mol. The quantitative estimate of drug-likeness (QED) is 0.563. The molecule has 0 spiro atoms. The van der Waals surface area contributed by atoms with E-state index in [1.54, 1.807) is 49.5 Å². The first-order valence-electron chi connectivity index (χ1n) is 8.09. The molecule has 8 nitrogen and oxygen atoms in total. The van der Waals surface area contributed by atoms with Crippen molar-refractivity contribution in [1.29, 1.82) is 0 Å². The van der Waals surface area contributed by atoms with E-state index in [9.17, 15) is 9.18 Å². The Balaban J connectivity index is 1.53. The van der Waals surface area contributed by atoms with Crippen molar-refractivity contribution in [2.45, 2.75) is 6.92 Å². The van der Waals surface area contributed by atoms with Crippen molar-refractivity contribution in [3.8, 4) is 17.2 Å². The number of nitrogens with one attached hydrogen (secondary N) is 1. The standard InChI is InChI=1S/C18H12ClFN6O2/c1-10-5-6-12(8-14(10)20)21-17(27)18-22-16(24-28-18)15-9-26(25-23-15)13-4-2-3-11(19)7-13/h2-9H,1H3,(H,21,27). The van der Waals surface area contributed by atoms with Crippen molar-refractivity contribution < 1.29 is 13.7 Å². The summed E-state index contributed by atoms with van der Waals surface area (Å²) in [6.07, 6.45) is 1.58. The van der Waals surface area contributed by atoms with Crippen LogP contribution in [0.3, 0.4) is 0 Å². The summed E-state index contributed by atoms with van der Waals surface area (Å²) in [5, 5.41) is 14.8. The van der Waals surface area contributed by atoms with Crippen LogP contribution in [0.5, 0.6) is 0 Å². The molecule has 2 heterocycles. The highest BCUT2D eigenvalue weighted by molar-refractivity contribution is 6.30. The van der Waals surface area contributed by atoms with Gasteiger partial charge in [-0.1, -0.05) is 34.1 Å². The van der Waals surface area contributed by atoms with Crippen LogP contribution in [0, 0.1) is 12.7 Å². The summed E-state index contributed by atoms with van der Waals surface area (Å²) in [5.41, 5.74) is 1.76. The Bertz CT molecular complexity index is 1170. The first kappa shape index (κ1) is 17.8. The number of hydrogen-bond acceptors (Lipinski definition) is 6. The predicted octanol–water partition coefficient (Wildman–Crippen LogP) is 3.67. The predicted molar refractivity (Wildman–Crippen MR) is 98.8 cm³/mol. The number of benzene rings is 2. The number of halogens is 2. The van der Waals surface area contributed by atoms with E-state index >= 15 is 0 Å². The van der Waals surface area contributed by atoms with E-state index in [0.717, 1.165) is 0 Å². The molecule has 0 saturated heterocycles. The van der Waals surface area contributed by atoms with Gasteiger partial charge in [-0.3, -0.25) is 4.79 Å². The van der Waals surface area contributed by atoms with Gasteiger partial charge in [-0.05, 0) is 42.8 Å². The lowest BCUT2D eigenvalue weighted by Crippen LogP contribution is -2.12. The fraction of sp³-hybridized carbons (Fsp3) is 0.0556. The van der Waals surface area contributed by atoms with Gasteiger partial charge in [0.1, 0.15) is 5.82 Å². The van der Waals surface area contributed by atoms with Gasteiger partial charge in [0.05, 0.1) is 11.9 Å². The topological polar surface area (TPSA) is 98.7 Å². The summed E-state index contributed by atoms with van der Waals surface area (Å²) in [6, 6.07) is 11.4. The maximum Gasteiger partial charge on any atom is 0.316 e. The number of aryl methyl sites for hydroxylation is 1. The molecule has 4 rings (SSSR count). The molecule has 0 saturated carbocycles. The maximum absolute atomic E-state index is 13.6. The smallest absolute Gasteiger partial charge is 0.316 e. The lowest BCUT2D eigenvalue weighted by atomic mass is 10.2. The van der Waals surface area contributed by atoms with Gasteiger partial charge >= 0.3 is 11.8 Å². The van der Waals surface area contributed by atoms with Gasteiger partial charge < -0.3 is 9.84 Å². The van der Waals surface area contributed by atoms with Gasteiger partial charge in [-0.2, -0.15) is 4.98 Å². The molecule has 0 bridgehead atoms. The highest BCUT2D eigenvalue weighted by Crippen LogP contribution is 2.18. The lowest BCUT2D eigenvalue weighted by Gasteiger charge is -2.03. The van der Waals surface area contributed by atoms with Crippen LogP contribution in [-0.2, 0) is 0 Å². The summed E-state index contributed by atoms with van der Waals surface area (Å²) >= 11 is 5.97. The summed E-state index contributed by atoms with van der Waals surface area (Å²) in [4.78, 5) is 16.2. The van der Waals surface area contributed by atoms with Crippen LogP contribution in [0.1, 0.15) is 16.2 Å². The Labute approximate surface area is 162 Å². The monoisotopic (exact) mass is 398 g/mol. The van der Waals surface area contributed by atoms with Crippen molar-refractivity contribution in [1.82, 2.24) is 25.1 Å². The second-order valence-corrected chi connectivity index (χ2v) is 6.31. The third-order valence-corrected chi connectivity index (χ3v) is 4.08. The number of rotatable bonds is 4. The number of anilines is 1. The zero-order valence-electron chi connectivity index (χ0n) is 14.4. The molecule has 2 aromatic carbocycles. The highest BCUT2D eigenvalue weighted by atomic mass is 35.5. The van der Waals surface area contributed by atoms with E-state index in [1.165, 1.54) is 10.7 Å². The van der Waals surface area contributed by atoms with Crippen LogP contribution >= 0.6 is 11.6 Å². The molecule has 28 heavy (non-hydrogen) atoms. The van der Waals surface area contributed by atoms with Gasteiger partial charge in [-0.15, -0.1) is 5.10 Å². The molecule has 0 atom stereocenters. The summed E-state index contributed by atoms with van der Waals surface area (Å²) in [6.45, 7) is 1.63. The minimum Gasteiger partial charge on any atom is -0.328 e. The van der Waals surface area contributed by atoms with Crippen LogP contribution in [0.15, 0.2) is 53.2 Å². The Morgan fingerprint density at radius 3 is 2.89 bits per heavy atom. The first-order valence-corrected chi connectivity index (χ1v) is 8.47. The number of aromatic nitrogens is 5. The van der Waals surface area contributed by atoms with E-state index in [1.807, 2.05) is 0 Å². The fourth-order valence-electron chi connectivity index (χ4n) is 2.39. The SMILES string of the molecule is Cc1ccc(NC(=O)c2nc(-c3cn(-c4cccc(Cl)c4)nn3)no2)cc1F. The van der Waals surface area contributed by atoms with Crippen LogP contribution in [-0.4, -0.2) is 31.0 Å². The van der Waals surface area contributed by atoms with Crippen LogP contribution in [0.25, 0.3) is 17.2 Å². The third kappa shape index (κ3) is 3.60. The molecule has 10 heteroatoms. The molecule has 1 N–H and O–H groups in total. The number of carbonyl (C=O) groups excluding carboxylic acids is 1. The first-order chi connectivity index (χ1) is 13.5. The van der Waals surface area contributed by atoms with E-state index in [0.29, 0.717) is 22.0 Å².